The van der Waals surface area contributed by atoms with E-state index in [1.807, 2.05) is 18.2 Å². The Bertz CT molecular complexity index is 927. The van der Waals surface area contributed by atoms with Gasteiger partial charge in [0, 0.05) is 10.9 Å². The molecule has 126 valence electrons. The van der Waals surface area contributed by atoms with Gasteiger partial charge in [0.1, 0.15) is 11.3 Å². The lowest BCUT2D eigenvalue weighted by molar-refractivity contribution is -0.176. The van der Waals surface area contributed by atoms with Gasteiger partial charge in [-0.2, -0.15) is 0 Å². The number of fused-ring (bicyclic) bond motifs is 3. The van der Waals surface area contributed by atoms with Crippen molar-refractivity contribution >= 4 is 27.7 Å². The van der Waals surface area contributed by atoms with Crippen LogP contribution in [0.25, 0.3) is 21.7 Å². The molecule has 7 nitrogen and oxygen atoms in total. The highest BCUT2D eigenvalue weighted by Gasteiger charge is 2.13. The summed E-state index contributed by atoms with van der Waals surface area (Å²) >= 11 is 0. The number of aryl methyl sites for hydroxylation is 1. The summed E-state index contributed by atoms with van der Waals surface area (Å²) in [4.78, 5) is 23.3. The fraction of sp³-hybridized carbons (Fsp3) is 0.176. The Balaban J connectivity index is 0.00000100. The molecule has 0 aliphatic rings. The third-order valence-corrected chi connectivity index (χ3v) is 3.56. The third-order valence-electron chi connectivity index (χ3n) is 3.56. The smallest absolute Gasteiger partial charge is 0.344 e. The number of rotatable bonds is 3. The van der Waals surface area contributed by atoms with E-state index in [1.165, 1.54) is 7.11 Å². The second-order valence-electron chi connectivity index (χ2n) is 4.87. The van der Waals surface area contributed by atoms with Crippen molar-refractivity contribution in [3.05, 3.63) is 52.4 Å². The first-order valence-electron chi connectivity index (χ1n) is 6.96. The van der Waals surface area contributed by atoms with Gasteiger partial charge in [-0.25, -0.2) is 9.59 Å². The van der Waals surface area contributed by atoms with Crippen LogP contribution in [-0.2, 0) is 9.53 Å². The molecular weight excluding hydrogens is 316 g/mol. The molecular formula is C17H16O7. The molecule has 0 spiro atoms. The van der Waals surface area contributed by atoms with Crippen molar-refractivity contribution in [3.8, 4) is 5.75 Å². The van der Waals surface area contributed by atoms with Crippen LogP contribution < -0.4 is 10.4 Å². The fourth-order valence-electron chi connectivity index (χ4n) is 2.41. The third kappa shape index (κ3) is 3.22. The molecule has 0 saturated heterocycles. The van der Waals surface area contributed by atoms with E-state index >= 15 is 0 Å². The molecule has 0 amide bonds. The summed E-state index contributed by atoms with van der Waals surface area (Å²) in [5.41, 5.74) is 0.742. The van der Waals surface area contributed by atoms with Gasteiger partial charge in [-0.05, 0) is 30.5 Å². The minimum absolute atomic E-state index is 0.194. The fourth-order valence-corrected chi connectivity index (χ4v) is 2.41. The van der Waals surface area contributed by atoms with Crippen molar-refractivity contribution < 1.29 is 29.2 Å². The normalized spacial score (nSPS) is 10.2. The highest BCUT2D eigenvalue weighted by atomic mass is 17.0. The van der Waals surface area contributed by atoms with Crippen molar-refractivity contribution in [2.45, 2.75) is 6.92 Å². The van der Waals surface area contributed by atoms with Crippen LogP contribution in [0.1, 0.15) is 5.56 Å². The molecule has 0 saturated carbocycles. The highest BCUT2D eigenvalue weighted by molar-refractivity contribution is 6.05. The van der Waals surface area contributed by atoms with Crippen LogP contribution in [0.3, 0.4) is 0 Å². The minimum Gasteiger partial charge on any atom is -0.481 e. The Morgan fingerprint density at radius 3 is 2.42 bits per heavy atom. The molecule has 3 rings (SSSR count). The van der Waals surface area contributed by atoms with Gasteiger partial charge < -0.3 is 13.9 Å². The summed E-state index contributed by atoms with van der Waals surface area (Å²) in [6.45, 7) is 1.59. The molecule has 24 heavy (non-hydrogen) atoms. The van der Waals surface area contributed by atoms with E-state index in [0.29, 0.717) is 22.3 Å². The van der Waals surface area contributed by atoms with Gasteiger partial charge >= 0.3 is 11.6 Å². The number of benzene rings is 2. The Morgan fingerprint density at radius 1 is 1.08 bits per heavy atom. The number of carbonyl (C=O) groups is 1. The molecule has 0 aliphatic carbocycles. The lowest BCUT2D eigenvalue weighted by atomic mass is 10.0. The number of hydrogen-bond acceptors (Lipinski definition) is 7. The summed E-state index contributed by atoms with van der Waals surface area (Å²) in [7, 11) is 1.30. The summed E-state index contributed by atoms with van der Waals surface area (Å²) in [6, 6.07) is 10.9. The molecule has 0 unspecified atom stereocenters. The predicted octanol–water partition coefficient (Wildman–Crippen LogP) is 2.82. The molecule has 0 radical (unpaired) electrons. The van der Waals surface area contributed by atoms with Crippen molar-refractivity contribution in [1.29, 1.82) is 0 Å². The molecule has 1 aromatic heterocycles. The van der Waals surface area contributed by atoms with Crippen molar-refractivity contribution in [2.75, 3.05) is 13.7 Å². The van der Waals surface area contributed by atoms with Crippen LogP contribution in [0.15, 0.2) is 45.6 Å². The highest BCUT2D eigenvalue weighted by Crippen LogP contribution is 2.30. The standard InChI is InChI=1S/C17H14O5.H2O2/c1-10-14(21-9-15(18)20-2)8-7-12-11-5-3-4-6-13(11)17(19)22-16(10)12;1-2/h3-8H,9H2,1-2H3;1-2H. The number of methoxy groups -OCH3 is 1. The van der Waals surface area contributed by atoms with E-state index < -0.39 is 11.6 Å². The van der Waals surface area contributed by atoms with Gasteiger partial charge in [0.05, 0.1) is 12.5 Å². The Kier molecular flexibility index (Phi) is 5.51. The van der Waals surface area contributed by atoms with Gasteiger partial charge in [-0.1, -0.05) is 18.2 Å². The largest absolute Gasteiger partial charge is 0.481 e. The zero-order valence-corrected chi connectivity index (χ0v) is 13.1. The van der Waals surface area contributed by atoms with Crippen LogP contribution >= 0.6 is 0 Å². The molecule has 3 aromatic rings. The molecule has 0 fully saturated rings. The summed E-state index contributed by atoms with van der Waals surface area (Å²) in [5.74, 6) is 0.00999. The second-order valence-corrected chi connectivity index (χ2v) is 4.87. The van der Waals surface area contributed by atoms with Gasteiger partial charge in [0.2, 0.25) is 0 Å². The van der Waals surface area contributed by atoms with Crippen LogP contribution in [-0.4, -0.2) is 30.2 Å². The van der Waals surface area contributed by atoms with Gasteiger partial charge in [0.15, 0.2) is 6.61 Å². The Labute approximate surface area is 136 Å². The Morgan fingerprint density at radius 2 is 1.75 bits per heavy atom. The number of ether oxygens (including phenoxy) is 2. The first-order chi connectivity index (χ1) is 11.6. The number of hydrogen-bond donors (Lipinski definition) is 2. The summed E-state index contributed by atoms with van der Waals surface area (Å²) in [6.07, 6.45) is 0. The van der Waals surface area contributed by atoms with Gasteiger partial charge in [-0.3, -0.25) is 10.5 Å². The minimum atomic E-state index is -0.473. The maximum Gasteiger partial charge on any atom is 0.344 e. The molecule has 0 bridgehead atoms. The molecule has 2 aromatic carbocycles. The average Bonchev–Trinajstić information content (AvgIpc) is 2.63. The predicted molar refractivity (Wildman–Crippen MR) is 87.5 cm³/mol. The quantitative estimate of drug-likeness (QED) is 0.250. The molecule has 0 atom stereocenters. The second kappa shape index (κ2) is 7.58. The number of esters is 1. The van der Waals surface area contributed by atoms with Crippen LogP contribution in [0, 0.1) is 6.92 Å². The topological polar surface area (TPSA) is 106 Å². The van der Waals surface area contributed by atoms with E-state index in [-0.39, 0.29) is 6.61 Å². The first-order valence-corrected chi connectivity index (χ1v) is 6.96. The summed E-state index contributed by atoms with van der Waals surface area (Å²) < 4.78 is 15.4. The molecule has 0 aliphatic heterocycles. The van der Waals surface area contributed by atoms with Crippen LogP contribution in [0.4, 0.5) is 0 Å². The van der Waals surface area contributed by atoms with Crippen LogP contribution in [0.2, 0.25) is 0 Å². The average molecular weight is 332 g/mol. The Hall–Kier alpha value is -2.90. The zero-order valence-electron chi connectivity index (χ0n) is 13.1. The first kappa shape index (κ1) is 17.5. The molecule has 7 heteroatoms. The van der Waals surface area contributed by atoms with Crippen molar-refractivity contribution in [3.63, 3.8) is 0 Å². The van der Waals surface area contributed by atoms with E-state index in [4.69, 9.17) is 19.7 Å². The van der Waals surface area contributed by atoms with Crippen molar-refractivity contribution in [1.82, 2.24) is 0 Å². The maximum atomic E-state index is 12.1. The molecule has 1 heterocycles. The van der Waals surface area contributed by atoms with Crippen LogP contribution in [0.5, 0.6) is 5.75 Å². The lowest BCUT2D eigenvalue weighted by Gasteiger charge is -2.10. The van der Waals surface area contributed by atoms with E-state index in [2.05, 4.69) is 4.74 Å². The van der Waals surface area contributed by atoms with Crippen molar-refractivity contribution in [2.24, 2.45) is 0 Å². The monoisotopic (exact) mass is 332 g/mol. The van der Waals surface area contributed by atoms with E-state index in [0.717, 1.165) is 10.8 Å². The SMILES string of the molecule is COC(=O)COc1ccc2c(oc(=O)c3ccccc32)c1C.OO. The zero-order chi connectivity index (χ0) is 17.7. The summed E-state index contributed by atoms with van der Waals surface area (Å²) in [5, 5.41) is 14.2. The van der Waals surface area contributed by atoms with Gasteiger partial charge in [-0.15, -0.1) is 0 Å². The maximum absolute atomic E-state index is 12.1. The van der Waals surface area contributed by atoms with E-state index in [9.17, 15) is 9.59 Å². The van der Waals surface area contributed by atoms with E-state index in [1.54, 1.807) is 25.1 Å². The number of carbonyl (C=O) groups excluding carboxylic acids is 1. The lowest BCUT2D eigenvalue weighted by Crippen LogP contribution is -2.13. The molecule has 2 N–H and O–H groups in total. The van der Waals surface area contributed by atoms with Gasteiger partial charge in [0.25, 0.3) is 0 Å².